The van der Waals surface area contributed by atoms with Gasteiger partial charge in [-0.25, -0.2) is 4.79 Å². The number of thiophene rings is 1. The summed E-state index contributed by atoms with van der Waals surface area (Å²) in [7, 11) is 0. The molecule has 34 heavy (non-hydrogen) atoms. The molecule has 1 aromatic carbocycles. The number of carbonyl (C=O) groups is 2. The van der Waals surface area contributed by atoms with Crippen molar-refractivity contribution >= 4 is 23.3 Å². The van der Waals surface area contributed by atoms with Crippen molar-refractivity contribution in [2.45, 2.75) is 59.4 Å². The summed E-state index contributed by atoms with van der Waals surface area (Å²) in [6.45, 7) is 12.7. The van der Waals surface area contributed by atoms with E-state index in [1.165, 1.54) is 10.4 Å². The maximum absolute atomic E-state index is 13.5. The number of carbonyl (C=O) groups excluding carboxylic acids is 2. The van der Waals surface area contributed by atoms with Crippen LogP contribution in [0.3, 0.4) is 0 Å². The minimum Gasteiger partial charge on any atom is -0.491 e. The molecule has 0 spiro atoms. The van der Waals surface area contributed by atoms with Crippen molar-refractivity contribution in [1.29, 1.82) is 0 Å². The molecule has 2 heterocycles. The molecule has 0 radical (unpaired) electrons. The summed E-state index contributed by atoms with van der Waals surface area (Å²) in [5.74, 6) is 1.52. The van der Waals surface area contributed by atoms with Crippen molar-refractivity contribution in [2.24, 2.45) is 5.92 Å². The van der Waals surface area contributed by atoms with Crippen molar-refractivity contribution < 1.29 is 14.3 Å². The van der Waals surface area contributed by atoms with Crippen molar-refractivity contribution in [2.75, 3.05) is 32.8 Å². The van der Waals surface area contributed by atoms with Gasteiger partial charge in [0.25, 0.3) is 0 Å². The van der Waals surface area contributed by atoms with Gasteiger partial charge in [-0.1, -0.05) is 46.8 Å². The van der Waals surface area contributed by atoms with Crippen LogP contribution in [0.25, 0.3) is 0 Å². The highest BCUT2D eigenvalue weighted by molar-refractivity contribution is 7.10. The smallest absolute Gasteiger partial charge is 0.317 e. The van der Waals surface area contributed by atoms with Crippen molar-refractivity contribution in [1.82, 2.24) is 15.1 Å². The fourth-order valence-electron chi connectivity index (χ4n) is 4.26. The van der Waals surface area contributed by atoms with Gasteiger partial charge < -0.3 is 19.9 Å². The van der Waals surface area contributed by atoms with Crippen LogP contribution < -0.4 is 10.1 Å². The van der Waals surface area contributed by atoms with Gasteiger partial charge in [0.05, 0.1) is 6.04 Å². The van der Waals surface area contributed by atoms with E-state index in [2.05, 4.69) is 56.6 Å². The molecule has 0 unspecified atom stereocenters. The van der Waals surface area contributed by atoms with Gasteiger partial charge in [-0.05, 0) is 59.4 Å². The lowest BCUT2D eigenvalue weighted by Gasteiger charge is -2.37. The second-order valence-corrected chi connectivity index (χ2v) is 10.7. The van der Waals surface area contributed by atoms with E-state index in [1.54, 1.807) is 16.2 Å². The minimum atomic E-state index is -0.171. The monoisotopic (exact) mass is 485 g/mol. The quantitative estimate of drug-likeness (QED) is 0.486. The SMILES string of the molecule is CCCNC(=O)N(CC(=O)N1CCc2sccc2[C@@H]1COc1ccc(C(C)C)cc1)CC(C)C. The first kappa shape index (κ1) is 26.1. The number of urea groups is 1. The normalized spacial score (nSPS) is 15.4. The lowest BCUT2D eigenvalue weighted by molar-refractivity contribution is -0.135. The van der Waals surface area contributed by atoms with Gasteiger partial charge in [-0.2, -0.15) is 0 Å². The van der Waals surface area contributed by atoms with E-state index in [4.69, 9.17) is 4.74 Å². The number of hydrogen-bond donors (Lipinski definition) is 1. The molecule has 3 amide bonds. The number of hydrogen-bond acceptors (Lipinski definition) is 4. The Morgan fingerprint density at radius 2 is 1.91 bits per heavy atom. The van der Waals surface area contributed by atoms with Crippen LogP contribution in [0.1, 0.15) is 69.0 Å². The Morgan fingerprint density at radius 1 is 1.18 bits per heavy atom. The molecule has 0 saturated heterocycles. The molecule has 6 nitrogen and oxygen atoms in total. The number of benzene rings is 1. The molecule has 1 aliphatic heterocycles. The number of nitrogens with zero attached hydrogens (tertiary/aromatic N) is 2. The fraction of sp³-hybridized carbons (Fsp3) is 0.556. The highest BCUT2D eigenvalue weighted by atomic mass is 32.1. The Balaban J connectivity index is 1.73. The number of fused-ring (bicyclic) bond motifs is 1. The van der Waals surface area contributed by atoms with Crippen LogP contribution in [-0.2, 0) is 11.2 Å². The van der Waals surface area contributed by atoms with Crippen LogP contribution in [-0.4, -0.2) is 54.5 Å². The predicted molar refractivity (Wildman–Crippen MR) is 139 cm³/mol. The van der Waals surface area contributed by atoms with Crippen LogP contribution in [0.5, 0.6) is 5.75 Å². The van der Waals surface area contributed by atoms with Gasteiger partial charge in [0, 0.05) is 24.5 Å². The second kappa shape index (κ2) is 12.2. The second-order valence-electron chi connectivity index (χ2n) is 9.69. The molecule has 0 aliphatic carbocycles. The van der Waals surface area contributed by atoms with Crippen molar-refractivity contribution in [3.63, 3.8) is 0 Å². The third kappa shape index (κ3) is 6.75. The summed E-state index contributed by atoms with van der Waals surface area (Å²) in [5, 5.41) is 5.01. The first-order valence-corrected chi connectivity index (χ1v) is 13.3. The predicted octanol–water partition coefficient (Wildman–Crippen LogP) is 5.45. The zero-order valence-electron chi connectivity index (χ0n) is 21.2. The Bertz CT molecular complexity index is 939. The van der Waals surface area contributed by atoms with Crippen LogP contribution in [0.15, 0.2) is 35.7 Å². The molecule has 3 rings (SSSR count). The number of amides is 3. The van der Waals surface area contributed by atoms with Gasteiger partial charge >= 0.3 is 6.03 Å². The first-order chi connectivity index (χ1) is 16.3. The van der Waals surface area contributed by atoms with Crippen LogP contribution in [0, 0.1) is 5.92 Å². The topological polar surface area (TPSA) is 61.9 Å². The van der Waals surface area contributed by atoms with Gasteiger partial charge in [0.1, 0.15) is 18.9 Å². The summed E-state index contributed by atoms with van der Waals surface area (Å²) >= 11 is 1.74. The van der Waals surface area contributed by atoms with Gasteiger partial charge in [-0.15, -0.1) is 11.3 Å². The van der Waals surface area contributed by atoms with E-state index < -0.39 is 0 Å². The standard InChI is InChI=1S/C27H39N3O3S/c1-6-13-28-27(32)29(16-19(2)3)17-26(31)30-14-11-25-23(12-15-34-25)24(30)18-33-22-9-7-21(8-10-22)20(4)5/h7-10,12,15,19-20,24H,6,11,13-14,16-18H2,1-5H3,(H,28,32)/t24-/m0/s1. The first-order valence-electron chi connectivity index (χ1n) is 12.4. The van der Waals surface area contributed by atoms with E-state index in [1.807, 2.05) is 24.0 Å². The van der Waals surface area contributed by atoms with E-state index >= 15 is 0 Å². The molecule has 7 heteroatoms. The Hall–Kier alpha value is -2.54. The zero-order chi connectivity index (χ0) is 24.7. The van der Waals surface area contributed by atoms with Gasteiger partial charge in [-0.3, -0.25) is 4.79 Å². The minimum absolute atomic E-state index is 0.0343. The summed E-state index contributed by atoms with van der Waals surface area (Å²) < 4.78 is 6.17. The molecule has 0 bridgehead atoms. The molecule has 2 aromatic rings. The Labute approximate surface area is 208 Å². The zero-order valence-corrected chi connectivity index (χ0v) is 22.0. The van der Waals surface area contributed by atoms with E-state index in [9.17, 15) is 9.59 Å². The molecule has 1 aliphatic rings. The maximum Gasteiger partial charge on any atom is 0.317 e. The molecular weight excluding hydrogens is 446 g/mol. The van der Waals surface area contributed by atoms with Crippen LogP contribution in [0.4, 0.5) is 4.79 Å². The largest absolute Gasteiger partial charge is 0.491 e. The van der Waals surface area contributed by atoms with Crippen molar-refractivity contribution in [3.05, 3.63) is 51.7 Å². The number of rotatable bonds is 10. The third-order valence-electron chi connectivity index (χ3n) is 6.09. The average molecular weight is 486 g/mol. The van der Waals surface area contributed by atoms with Gasteiger partial charge in [0.2, 0.25) is 5.91 Å². The summed E-state index contributed by atoms with van der Waals surface area (Å²) in [4.78, 5) is 31.1. The Morgan fingerprint density at radius 3 is 2.56 bits per heavy atom. The molecule has 1 atom stereocenters. The van der Waals surface area contributed by atoms with E-state index in [0.29, 0.717) is 32.2 Å². The summed E-state index contributed by atoms with van der Waals surface area (Å²) in [6, 6.07) is 9.97. The summed E-state index contributed by atoms with van der Waals surface area (Å²) in [5.41, 5.74) is 2.43. The number of ether oxygens (including phenoxy) is 1. The lowest BCUT2D eigenvalue weighted by atomic mass is 10.00. The average Bonchev–Trinajstić information content (AvgIpc) is 3.29. The molecular formula is C27H39N3O3S. The lowest BCUT2D eigenvalue weighted by Crippen LogP contribution is -2.50. The molecule has 1 aromatic heterocycles. The van der Waals surface area contributed by atoms with Crippen LogP contribution in [0.2, 0.25) is 0 Å². The molecule has 0 fully saturated rings. The van der Waals surface area contributed by atoms with E-state index in [-0.39, 0.29) is 30.4 Å². The number of nitrogens with one attached hydrogen (secondary N) is 1. The van der Waals surface area contributed by atoms with Gasteiger partial charge in [0.15, 0.2) is 0 Å². The maximum atomic E-state index is 13.5. The van der Waals surface area contributed by atoms with E-state index in [0.717, 1.165) is 24.2 Å². The van der Waals surface area contributed by atoms with Crippen molar-refractivity contribution in [3.8, 4) is 5.75 Å². The molecule has 0 saturated carbocycles. The Kier molecular flexibility index (Phi) is 9.39. The highest BCUT2D eigenvalue weighted by Crippen LogP contribution is 2.34. The molecule has 1 N–H and O–H groups in total. The van der Waals surface area contributed by atoms with Crippen LogP contribution >= 0.6 is 11.3 Å². The highest BCUT2D eigenvalue weighted by Gasteiger charge is 2.33. The fourth-order valence-corrected chi connectivity index (χ4v) is 5.18. The molecule has 186 valence electrons. The third-order valence-corrected chi connectivity index (χ3v) is 7.09. The summed E-state index contributed by atoms with van der Waals surface area (Å²) in [6.07, 6.45) is 1.70.